The third-order valence-electron chi connectivity index (χ3n) is 7.25. The first kappa shape index (κ1) is 31.4. The van der Waals surface area contributed by atoms with Crippen LogP contribution in [0.5, 0.6) is 0 Å². The Bertz CT molecular complexity index is 1370. The van der Waals surface area contributed by atoms with Crippen LogP contribution in [0.3, 0.4) is 0 Å². The summed E-state index contributed by atoms with van der Waals surface area (Å²) in [6.45, 7) is 4.83. The Balaban J connectivity index is 1.37. The summed E-state index contributed by atoms with van der Waals surface area (Å²) in [5.74, 6) is -0.681. The number of hydrogen-bond acceptors (Lipinski definition) is 5. The normalized spacial score (nSPS) is 14.9. The number of nitrogens with zero attached hydrogens (tertiary/aromatic N) is 1. The molecule has 3 aromatic rings. The summed E-state index contributed by atoms with van der Waals surface area (Å²) in [4.78, 5) is 11.6. The number of halogens is 4. The van der Waals surface area contributed by atoms with Crippen molar-refractivity contribution in [2.24, 2.45) is 5.92 Å². The number of hydrogen-bond donors (Lipinski definition) is 3. The number of aliphatic hydroxyl groups is 1. The quantitative estimate of drug-likeness (QED) is 0.201. The van der Waals surface area contributed by atoms with Gasteiger partial charge in [0.2, 0.25) is 0 Å². The van der Waals surface area contributed by atoms with Gasteiger partial charge in [0.05, 0.1) is 22.3 Å². The maximum Gasteiger partial charge on any atom is 0.416 e. The molecule has 1 aliphatic rings. The number of benzene rings is 3. The number of aliphatic hydroxyl groups excluding tert-OH is 1. The number of likely N-dealkylation sites (N-methyl/N-ethyl adjacent to an activating group) is 1. The van der Waals surface area contributed by atoms with E-state index in [2.05, 4.69) is 43.4 Å². The molecule has 1 atom stereocenters. The summed E-state index contributed by atoms with van der Waals surface area (Å²) in [5.41, 5.74) is 2.29. The van der Waals surface area contributed by atoms with Crippen molar-refractivity contribution in [3.05, 3.63) is 87.9 Å². The van der Waals surface area contributed by atoms with Gasteiger partial charge in [0.1, 0.15) is 0 Å². The van der Waals surface area contributed by atoms with Crippen LogP contribution in [0.25, 0.3) is 11.1 Å². The van der Waals surface area contributed by atoms with Crippen molar-refractivity contribution in [1.29, 1.82) is 0 Å². The lowest BCUT2D eigenvalue weighted by atomic mass is 9.88. The largest absolute Gasteiger partial charge is 0.478 e. The van der Waals surface area contributed by atoms with Crippen molar-refractivity contribution in [2.45, 2.75) is 55.8 Å². The molecule has 3 aromatic carbocycles. The highest BCUT2D eigenvalue weighted by Gasteiger charge is 2.32. The summed E-state index contributed by atoms with van der Waals surface area (Å²) in [6, 6.07) is 16.2. The van der Waals surface area contributed by atoms with Gasteiger partial charge in [-0.05, 0) is 111 Å². The van der Waals surface area contributed by atoms with Crippen LogP contribution in [0.4, 0.5) is 13.2 Å². The van der Waals surface area contributed by atoms with Gasteiger partial charge in [-0.15, -0.1) is 0 Å². The summed E-state index contributed by atoms with van der Waals surface area (Å²) in [5, 5.41) is 23.3. The average molecular weight is 607 g/mol. The van der Waals surface area contributed by atoms with Crippen LogP contribution in [-0.4, -0.2) is 52.3 Å². The van der Waals surface area contributed by atoms with Crippen molar-refractivity contribution in [2.75, 3.05) is 20.1 Å². The van der Waals surface area contributed by atoms with Crippen LogP contribution in [0.1, 0.15) is 47.3 Å². The Morgan fingerprint density at radius 2 is 1.73 bits per heavy atom. The molecule has 0 amide bonds. The van der Waals surface area contributed by atoms with E-state index in [0.717, 1.165) is 43.3 Å². The lowest BCUT2D eigenvalue weighted by Gasteiger charge is -2.31. The number of carboxylic acid groups (broad SMARTS) is 1. The van der Waals surface area contributed by atoms with Crippen molar-refractivity contribution in [3.8, 4) is 11.1 Å². The van der Waals surface area contributed by atoms with E-state index in [0.29, 0.717) is 22.9 Å². The third kappa shape index (κ3) is 8.49. The van der Waals surface area contributed by atoms with Crippen molar-refractivity contribution >= 4 is 29.5 Å². The molecule has 0 saturated heterocycles. The lowest BCUT2D eigenvalue weighted by molar-refractivity contribution is -0.137. The van der Waals surface area contributed by atoms with Gasteiger partial charge in [0.25, 0.3) is 0 Å². The van der Waals surface area contributed by atoms with Crippen molar-refractivity contribution in [3.63, 3.8) is 0 Å². The number of aromatic carboxylic acids is 1. The van der Waals surface area contributed by atoms with Crippen molar-refractivity contribution in [1.82, 2.24) is 9.62 Å². The van der Waals surface area contributed by atoms with Crippen LogP contribution in [0, 0.1) is 5.92 Å². The second-order valence-electron chi connectivity index (χ2n) is 11.3. The monoisotopic (exact) mass is 606 g/mol. The molecule has 1 aliphatic carbocycles. The third-order valence-corrected chi connectivity index (χ3v) is 8.47. The highest BCUT2D eigenvalue weighted by Crippen LogP contribution is 2.38. The molecule has 41 heavy (non-hydrogen) atoms. The minimum Gasteiger partial charge on any atom is -0.478 e. The number of nitrogens with one attached hydrogen (secondary N) is 1. The van der Waals surface area contributed by atoms with Gasteiger partial charge in [0, 0.05) is 23.5 Å². The smallest absolute Gasteiger partial charge is 0.416 e. The number of alkyl halides is 3. The summed E-state index contributed by atoms with van der Waals surface area (Å²) in [7, 11) is 1.72. The molecule has 0 aromatic heterocycles. The van der Waals surface area contributed by atoms with E-state index in [1.807, 2.05) is 0 Å². The van der Waals surface area contributed by atoms with E-state index in [1.54, 1.807) is 17.4 Å². The predicted octanol–water partition coefficient (Wildman–Crippen LogP) is 7.20. The molecular formula is C31H34ClF3N2O3S. The first-order valence-electron chi connectivity index (χ1n) is 13.3. The molecule has 5 nitrogen and oxygen atoms in total. The molecule has 0 spiro atoms. The van der Waals surface area contributed by atoms with Gasteiger partial charge >= 0.3 is 12.1 Å². The Labute approximate surface area is 247 Å². The van der Waals surface area contributed by atoms with E-state index < -0.39 is 23.8 Å². The maximum absolute atomic E-state index is 13.7. The Morgan fingerprint density at radius 1 is 1.07 bits per heavy atom. The van der Waals surface area contributed by atoms with E-state index in [-0.39, 0.29) is 28.2 Å². The summed E-state index contributed by atoms with van der Waals surface area (Å²) in [6.07, 6.45) is -2.25. The average Bonchev–Trinajstić information content (AvgIpc) is 3.28. The summed E-state index contributed by atoms with van der Waals surface area (Å²) >= 11 is 7.16. The van der Waals surface area contributed by atoms with E-state index in [4.69, 9.17) is 11.6 Å². The Morgan fingerprint density at radius 3 is 2.32 bits per heavy atom. The van der Waals surface area contributed by atoms with Crippen LogP contribution in [0.2, 0.25) is 5.02 Å². The second-order valence-corrected chi connectivity index (χ2v) is 13.0. The topological polar surface area (TPSA) is 72.8 Å². The van der Waals surface area contributed by atoms with Crippen LogP contribution >= 0.6 is 23.5 Å². The van der Waals surface area contributed by atoms with Gasteiger partial charge in [-0.25, -0.2) is 9.10 Å². The van der Waals surface area contributed by atoms with Gasteiger partial charge in [-0.1, -0.05) is 41.9 Å². The molecule has 0 aliphatic heterocycles. The SMILES string of the molecule is CN(C[C@H](O)CNC(C)(C)CC1Cc2ccccc2C1)Sc1cc(-c2ccc(C(=O)O)c(Cl)c2)cc(C(F)(F)F)c1. The highest BCUT2D eigenvalue weighted by atomic mass is 35.5. The molecule has 10 heteroatoms. The van der Waals surface area contributed by atoms with E-state index in [9.17, 15) is 28.2 Å². The summed E-state index contributed by atoms with van der Waals surface area (Å²) < 4.78 is 42.9. The van der Waals surface area contributed by atoms with Gasteiger partial charge in [-0.2, -0.15) is 13.2 Å². The maximum atomic E-state index is 13.7. The number of rotatable bonds is 11. The molecule has 4 rings (SSSR count). The molecule has 0 saturated carbocycles. The van der Waals surface area contributed by atoms with Gasteiger partial charge in [0.15, 0.2) is 0 Å². The number of β-amino-alcohol motifs (C(OH)–C–C–N with tert-alkyl or cyclic N) is 1. The fraction of sp³-hybridized carbons (Fsp3) is 0.387. The van der Waals surface area contributed by atoms with Gasteiger partial charge in [-0.3, -0.25) is 0 Å². The molecular weight excluding hydrogens is 573 g/mol. The first-order valence-corrected chi connectivity index (χ1v) is 14.5. The zero-order chi connectivity index (χ0) is 29.9. The molecule has 220 valence electrons. The van der Waals surface area contributed by atoms with Gasteiger partial charge < -0.3 is 15.5 Å². The minimum absolute atomic E-state index is 0.0604. The number of carbonyl (C=O) groups is 1. The first-order chi connectivity index (χ1) is 19.2. The zero-order valence-corrected chi connectivity index (χ0v) is 24.7. The Hall–Kier alpha value is -2.56. The fourth-order valence-corrected chi connectivity index (χ4v) is 6.64. The fourth-order valence-electron chi connectivity index (χ4n) is 5.41. The minimum atomic E-state index is -4.58. The van der Waals surface area contributed by atoms with E-state index in [1.165, 1.54) is 29.3 Å². The molecule has 0 heterocycles. The molecule has 0 radical (unpaired) electrons. The number of carboxylic acids is 1. The van der Waals surface area contributed by atoms with Crippen LogP contribution in [-0.2, 0) is 19.0 Å². The Kier molecular flexibility index (Phi) is 9.76. The van der Waals surface area contributed by atoms with Crippen LogP contribution in [0.15, 0.2) is 65.6 Å². The molecule has 3 N–H and O–H groups in total. The van der Waals surface area contributed by atoms with Crippen molar-refractivity contribution < 1.29 is 28.2 Å². The predicted molar refractivity (Wildman–Crippen MR) is 157 cm³/mol. The molecule has 0 unspecified atom stereocenters. The van der Waals surface area contributed by atoms with Crippen LogP contribution < -0.4 is 5.32 Å². The lowest BCUT2D eigenvalue weighted by Crippen LogP contribution is -2.46. The van der Waals surface area contributed by atoms with E-state index >= 15 is 0 Å². The zero-order valence-electron chi connectivity index (χ0n) is 23.1. The molecule has 0 fully saturated rings. The highest BCUT2D eigenvalue weighted by molar-refractivity contribution is 7.97. The second kappa shape index (κ2) is 12.8. The molecule has 0 bridgehead atoms. The number of fused-ring (bicyclic) bond motifs is 1. The standard InChI is InChI=1S/C31H34ClF3N2O3S/c1-30(2,16-19-10-20-6-4-5-7-21(20)11-19)36-17-25(38)18-37(3)41-26-13-23(12-24(15-26)31(33,34)35)22-8-9-27(29(39)40)28(32)14-22/h4-9,12-15,19,25,36,38H,10-11,16-18H2,1-3H3,(H,39,40)/t25-/m1/s1.